The van der Waals surface area contributed by atoms with Crippen molar-refractivity contribution in [2.45, 2.75) is 32.7 Å². The Morgan fingerprint density at radius 2 is 2.20 bits per heavy atom. The molecule has 6 heteroatoms. The number of rotatable bonds is 4. The average molecular weight is 359 g/mol. The molecule has 25 heavy (non-hydrogen) atoms. The first-order valence-corrected chi connectivity index (χ1v) is 9.80. The van der Waals surface area contributed by atoms with E-state index in [-0.39, 0.29) is 12.1 Å². The lowest BCUT2D eigenvalue weighted by Crippen LogP contribution is -2.46. The van der Waals surface area contributed by atoms with E-state index in [1.54, 1.807) is 11.3 Å². The number of nitrogens with one attached hydrogen (secondary N) is 1. The van der Waals surface area contributed by atoms with Crippen LogP contribution in [0.5, 0.6) is 0 Å². The van der Waals surface area contributed by atoms with Gasteiger partial charge in [-0.15, -0.1) is 0 Å². The summed E-state index contributed by atoms with van der Waals surface area (Å²) in [7, 11) is 0. The zero-order valence-electron chi connectivity index (χ0n) is 14.9. The summed E-state index contributed by atoms with van der Waals surface area (Å²) in [4.78, 5) is 21.1. The number of urea groups is 1. The summed E-state index contributed by atoms with van der Waals surface area (Å²) in [6, 6.07) is 4.38. The summed E-state index contributed by atoms with van der Waals surface area (Å²) in [6.07, 6.45) is 5.60. The molecule has 0 saturated carbocycles. The van der Waals surface area contributed by atoms with Gasteiger partial charge in [-0.05, 0) is 60.7 Å². The maximum Gasteiger partial charge on any atom is 0.317 e. The van der Waals surface area contributed by atoms with Gasteiger partial charge in [0.15, 0.2) is 0 Å². The molecule has 1 aliphatic heterocycles. The third-order valence-corrected chi connectivity index (χ3v) is 5.34. The molecule has 0 aliphatic carbocycles. The number of pyridine rings is 1. The fraction of sp³-hybridized carbons (Fsp3) is 0.474. The quantitative estimate of drug-likeness (QED) is 0.912. The maximum atomic E-state index is 12.6. The van der Waals surface area contributed by atoms with E-state index in [0.29, 0.717) is 0 Å². The molecule has 5 nitrogen and oxygen atoms in total. The van der Waals surface area contributed by atoms with Crippen molar-refractivity contribution in [1.29, 1.82) is 0 Å². The Hall–Kier alpha value is -2.08. The van der Waals surface area contributed by atoms with Crippen molar-refractivity contribution < 1.29 is 4.79 Å². The van der Waals surface area contributed by atoms with Crippen LogP contribution < -0.4 is 10.2 Å². The average Bonchev–Trinajstić information content (AvgIpc) is 2.97. The van der Waals surface area contributed by atoms with Crippen LogP contribution in [0.4, 0.5) is 10.5 Å². The lowest BCUT2D eigenvalue weighted by Gasteiger charge is -2.26. The van der Waals surface area contributed by atoms with Gasteiger partial charge in [0.2, 0.25) is 0 Å². The van der Waals surface area contributed by atoms with E-state index in [1.807, 2.05) is 17.3 Å². The van der Waals surface area contributed by atoms with Crippen molar-refractivity contribution in [3.63, 3.8) is 0 Å². The van der Waals surface area contributed by atoms with Crippen molar-refractivity contribution in [2.24, 2.45) is 0 Å². The predicted octanol–water partition coefficient (Wildman–Crippen LogP) is 3.30. The minimum atomic E-state index is 0.0519. The molecule has 0 radical (unpaired) electrons. The van der Waals surface area contributed by atoms with E-state index in [9.17, 15) is 4.79 Å². The molecule has 134 valence electrons. The largest absolute Gasteiger partial charge is 0.369 e. The lowest BCUT2D eigenvalue weighted by atomic mass is 10.1. The van der Waals surface area contributed by atoms with Crippen molar-refractivity contribution >= 4 is 23.1 Å². The number of aromatic nitrogens is 1. The number of carbonyl (C=O) groups is 1. The molecule has 0 unspecified atom stereocenters. The van der Waals surface area contributed by atoms with Crippen molar-refractivity contribution in [3.05, 3.63) is 46.4 Å². The summed E-state index contributed by atoms with van der Waals surface area (Å²) in [5, 5.41) is 7.36. The van der Waals surface area contributed by atoms with Crippen molar-refractivity contribution in [2.75, 3.05) is 31.1 Å². The first kappa shape index (κ1) is 17.7. The van der Waals surface area contributed by atoms with Crippen LogP contribution in [0.25, 0.3) is 0 Å². The van der Waals surface area contributed by atoms with E-state index < -0.39 is 0 Å². The highest BCUT2D eigenvalue weighted by molar-refractivity contribution is 7.07. The van der Waals surface area contributed by atoms with Crippen LogP contribution in [0.1, 0.15) is 24.5 Å². The summed E-state index contributed by atoms with van der Waals surface area (Å²) < 4.78 is 0. The second-order valence-corrected chi connectivity index (χ2v) is 7.46. The Balaban J connectivity index is 1.53. The molecule has 1 atom stereocenters. The highest BCUT2D eigenvalue weighted by Crippen LogP contribution is 2.20. The second-order valence-electron chi connectivity index (χ2n) is 6.68. The SMILES string of the molecule is Cc1cnccc1N1CCCN(C(=O)N[C@H](C)Cc2ccsc2)CC1. The first-order chi connectivity index (χ1) is 12.1. The van der Waals surface area contributed by atoms with Crippen LogP contribution in [0, 0.1) is 6.92 Å². The molecule has 2 amide bonds. The molecule has 1 fully saturated rings. The molecule has 3 rings (SSSR count). The number of nitrogens with zero attached hydrogens (tertiary/aromatic N) is 3. The number of amides is 2. The van der Waals surface area contributed by atoms with Gasteiger partial charge in [-0.3, -0.25) is 4.98 Å². The lowest BCUT2D eigenvalue weighted by molar-refractivity contribution is 0.198. The molecular formula is C19H26N4OS. The summed E-state index contributed by atoms with van der Waals surface area (Å²) in [5.74, 6) is 0. The van der Waals surface area contributed by atoms with E-state index in [0.717, 1.165) is 39.0 Å². The highest BCUT2D eigenvalue weighted by Gasteiger charge is 2.21. The maximum absolute atomic E-state index is 12.6. The minimum absolute atomic E-state index is 0.0519. The Morgan fingerprint density at radius 3 is 2.96 bits per heavy atom. The normalized spacial score (nSPS) is 16.4. The first-order valence-electron chi connectivity index (χ1n) is 8.85. The van der Waals surface area contributed by atoms with E-state index in [1.165, 1.54) is 16.8 Å². The van der Waals surface area contributed by atoms with Crippen LogP contribution in [0.3, 0.4) is 0 Å². The molecule has 1 saturated heterocycles. The highest BCUT2D eigenvalue weighted by atomic mass is 32.1. The minimum Gasteiger partial charge on any atom is -0.369 e. The topological polar surface area (TPSA) is 48.5 Å². The van der Waals surface area contributed by atoms with E-state index >= 15 is 0 Å². The molecule has 2 aromatic heterocycles. The smallest absolute Gasteiger partial charge is 0.317 e. The fourth-order valence-corrected chi connectivity index (χ4v) is 3.98. The number of thiophene rings is 1. The van der Waals surface area contributed by atoms with Gasteiger partial charge in [0.25, 0.3) is 0 Å². The van der Waals surface area contributed by atoms with Gasteiger partial charge in [-0.2, -0.15) is 11.3 Å². The summed E-state index contributed by atoms with van der Waals surface area (Å²) in [5.41, 5.74) is 3.70. The Labute approximate surface area is 153 Å². The molecule has 0 aromatic carbocycles. The Morgan fingerprint density at radius 1 is 1.32 bits per heavy atom. The van der Waals surface area contributed by atoms with E-state index in [4.69, 9.17) is 0 Å². The molecular weight excluding hydrogens is 332 g/mol. The molecule has 3 heterocycles. The Kier molecular flexibility index (Phi) is 5.91. The number of hydrogen-bond acceptors (Lipinski definition) is 4. The molecule has 0 spiro atoms. The van der Waals surface area contributed by atoms with Gasteiger partial charge < -0.3 is 15.1 Å². The predicted molar refractivity (Wildman–Crippen MR) is 103 cm³/mol. The summed E-state index contributed by atoms with van der Waals surface area (Å²) in [6.45, 7) is 7.54. The standard InChI is InChI=1S/C19H26N4OS/c1-15-13-20-6-4-18(15)22-7-3-8-23(10-9-22)19(24)21-16(2)12-17-5-11-25-14-17/h4-6,11,13-14,16H,3,7-10,12H2,1-2H3,(H,21,24)/t16-/m1/s1. The van der Waals surface area contributed by atoms with Crippen molar-refractivity contribution in [1.82, 2.24) is 15.2 Å². The molecule has 0 bridgehead atoms. The van der Waals surface area contributed by atoms with Gasteiger partial charge in [0.05, 0.1) is 0 Å². The Bertz CT molecular complexity index is 688. The number of anilines is 1. The third-order valence-electron chi connectivity index (χ3n) is 4.61. The fourth-order valence-electron chi connectivity index (χ4n) is 3.30. The zero-order chi connectivity index (χ0) is 17.6. The van der Waals surface area contributed by atoms with Gasteiger partial charge in [-0.1, -0.05) is 0 Å². The third kappa shape index (κ3) is 4.72. The van der Waals surface area contributed by atoms with Crippen LogP contribution in [-0.2, 0) is 6.42 Å². The van der Waals surface area contributed by atoms with E-state index in [2.05, 4.69) is 51.9 Å². The molecule has 1 N–H and O–H groups in total. The van der Waals surface area contributed by atoms with Gasteiger partial charge in [0, 0.05) is 50.3 Å². The van der Waals surface area contributed by atoms with Gasteiger partial charge in [0.1, 0.15) is 0 Å². The monoisotopic (exact) mass is 358 g/mol. The second kappa shape index (κ2) is 8.34. The van der Waals surface area contributed by atoms with Crippen molar-refractivity contribution in [3.8, 4) is 0 Å². The van der Waals surface area contributed by atoms with Gasteiger partial charge in [-0.25, -0.2) is 4.79 Å². The van der Waals surface area contributed by atoms with Crippen LogP contribution in [0.15, 0.2) is 35.3 Å². The molecule has 1 aliphatic rings. The zero-order valence-corrected chi connectivity index (χ0v) is 15.8. The number of aryl methyl sites for hydroxylation is 1. The van der Waals surface area contributed by atoms with Crippen LogP contribution in [-0.4, -0.2) is 48.1 Å². The number of carbonyl (C=O) groups excluding carboxylic acids is 1. The molecule has 2 aromatic rings. The van der Waals surface area contributed by atoms with Crippen LogP contribution >= 0.6 is 11.3 Å². The van der Waals surface area contributed by atoms with Crippen LogP contribution in [0.2, 0.25) is 0 Å². The van der Waals surface area contributed by atoms with Gasteiger partial charge >= 0.3 is 6.03 Å². The summed E-state index contributed by atoms with van der Waals surface area (Å²) >= 11 is 1.70. The number of hydrogen-bond donors (Lipinski definition) is 1.